The van der Waals surface area contributed by atoms with Crippen molar-refractivity contribution in [2.45, 2.75) is 26.7 Å². The zero-order valence-electron chi connectivity index (χ0n) is 16.7. The van der Waals surface area contributed by atoms with Gasteiger partial charge in [0.2, 0.25) is 5.71 Å². The highest BCUT2D eigenvalue weighted by Gasteiger charge is 2.23. The third-order valence-electron chi connectivity index (χ3n) is 4.53. The zero-order chi connectivity index (χ0) is 20.9. The van der Waals surface area contributed by atoms with E-state index in [1.54, 1.807) is 37.6 Å². The molecule has 0 aliphatic heterocycles. The number of hydrogen-bond acceptors (Lipinski definition) is 9. The van der Waals surface area contributed by atoms with Crippen LogP contribution < -0.4 is 5.32 Å². The molecule has 0 atom stereocenters. The van der Waals surface area contributed by atoms with E-state index in [2.05, 4.69) is 25.6 Å². The first-order valence-corrected chi connectivity index (χ1v) is 10.5. The summed E-state index contributed by atoms with van der Waals surface area (Å²) in [6.45, 7) is 4.45. The molecular weight excluding hydrogens is 402 g/mol. The Bertz CT molecular complexity index is 1160. The number of carbonyl (C=O) groups is 1. The van der Waals surface area contributed by atoms with E-state index < -0.39 is 5.97 Å². The Morgan fingerprint density at radius 1 is 1.27 bits per heavy atom. The molecule has 0 aromatic carbocycles. The lowest BCUT2D eigenvalue weighted by atomic mass is 10.2. The van der Waals surface area contributed by atoms with Crippen LogP contribution in [0, 0.1) is 6.92 Å². The van der Waals surface area contributed by atoms with Crippen molar-refractivity contribution in [3.63, 3.8) is 0 Å². The molecule has 0 saturated carbocycles. The van der Waals surface area contributed by atoms with Crippen LogP contribution in [0.3, 0.4) is 0 Å². The number of furan rings is 1. The Kier molecular flexibility index (Phi) is 5.99. The molecule has 4 heterocycles. The summed E-state index contributed by atoms with van der Waals surface area (Å²) in [7, 11) is 0. The van der Waals surface area contributed by atoms with E-state index in [-0.39, 0.29) is 6.61 Å². The number of esters is 1. The van der Waals surface area contributed by atoms with Crippen molar-refractivity contribution in [2.75, 3.05) is 18.5 Å². The normalized spacial score (nSPS) is 11.0. The monoisotopic (exact) mass is 423 g/mol. The third-order valence-corrected chi connectivity index (χ3v) is 5.44. The Morgan fingerprint density at radius 2 is 2.10 bits per heavy atom. The average Bonchev–Trinajstić information content (AvgIpc) is 3.36. The van der Waals surface area contributed by atoms with E-state index in [0.29, 0.717) is 34.8 Å². The van der Waals surface area contributed by atoms with E-state index in [4.69, 9.17) is 14.1 Å². The fraction of sp³-hybridized carbons (Fsp3) is 0.286. The van der Waals surface area contributed by atoms with Gasteiger partial charge in [0.25, 0.3) is 0 Å². The molecule has 4 aromatic heterocycles. The fourth-order valence-corrected chi connectivity index (χ4v) is 4.00. The molecule has 8 nitrogen and oxygen atoms in total. The average molecular weight is 423 g/mol. The number of aryl methyl sites for hydroxylation is 2. The van der Waals surface area contributed by atoms with E-state index in [1.165, 1.54) is 6.33 Å². The van der Waals surface area contributed by atoms with Gasteiger partial charge in [-0.15, -0.1) is 11.3 Å². The molecule has 0 radical (unpaired) electrons. The van der Waals surface area contributed by atoms with Crippen molar-refractivity contribution in [1.29, 1.82) is 0 Å². The molecular formula is C21H21N5O3S. The first-order valence-electron chi connectivity index (χ1n) is 9.67. The topological polar surface area (TPSA) is 103 Å². The number of rotatable bonds is 8. The highest BCUT2D eigenvalue weighted by Crippen LogP contribution is 2.29. The first-order chi connectivity index (χ1) is 14.7. The number of thiazole rings is 1. The van der Waals surface area contributed by atoms with E-state index in [9.17, 15) is 4.79 Å². The van der Waals surface area contributed by atoms with Gasteiger partial charge in [-0.3, -0.25) is 4.98 Å². The molecule has 0 amide bonds. The molecule has 0 aliphatic carbocycles. The van der Waals surface area contributed by atoms with Crippen molar-refractivity contribution >= 4 is 34.2 Å². The van der Waals surface area contributed by atoms with Gasteiger partial charge in [0.1, 0.15) is 23.5 Å². The van der Waals surface area contributed by atoms with Crippen molar-refractivity contribution in [1.82, 2.24) is 19.9 Å². The molecule has 1 N–H and O–H groups in total. The van der Waals surface area contributed by atoms with Gasteiger partial charge in [-0.25, -0.2) is 19.7 Å². The number of pyridine rings is 1. The highest BCUT2D eigenvalue weighted by molar-refractivity contribution is 7.09. The van der Waals surface area contributed by atoms with E-state index >= 15 is 0 Å². The fourth-order valence-electron chi connectivity index (χ4n) is 3.15. The number of nitrogens with zero attached hydrogens (tertiary/aromatic N) is 4. The molecule has 0 fully saturated rings. The predicted octanol–water partition coefficient (Wildman–Crippen LogP) is 4.27. The van der Waals surface area contributed by atoms with Gasteiger partial charge in [-0.2, -0.15) is 0 Å². The minimum absolute atomic E-state index is 0.288. The zero-order valence-corrected chi connectivity index (χ0v) is 17.5. The van der Waals surface area contributed by atoms with Gasteiger partial charge in [0.15, 0.2) is 0 Å². The standard InChI is InChI=1S/C21H21N5O3S/c1-3-28-21(27)17-13(2)29-20-18(17)19(24-12-25-20)23-8-4-5-16-26-15(11-30-16)14-6-9-22-10-7-14/h6-7,9-12H,3-5,8H2,1-2H3,(H,23,24,25). The summed E-state index contributed by atoms with van der Waals surface area (Å²) in [4.78, 5) is 29.5. The number of ether oxygens (including phenoxy) is 1. The minimum Gasteiger partial charge on any atom is -0.462 e. The maximum Gasteiger partial charge on any atom is 0.342 e. The summed E-state index contributed by atoms with van der Waals surface area (Å²) in [5.41, 5.74) is 2.78. The Labute approximate surface area is 177 Å². The van der Waals surface area contributed by atoms with Crippen LogP contribution in [0.1, 0.15) is 34.5 Å². The van der Waals surface area contributed by atoms with Gasteiger partial charge >= 0.3 is 5.97 Å². The maximum atomic E-state index is 12.4. The maximum absolute atomic E-state index is 12.4. The van der Waals surface area contributed by atoms with Crippen LogP contribution in [0.4, 0.5) is 5.82 Å². The van der Waals surface area contributed by atoms with Gasteiger partial charge in [-0.1, -0.05) is 0 Å². The molecule has 0 saturated heterocycles. The number of aromatic nitrogens is 4. The van der Waals surface area contributed by atoms with Crippen LogP contribution in [-0.2, 0) is 11.2 Å². The van der Waals surface area contributed by atoms with Gasteiger partial charge in [-0.05, 0) is 32.4 Å². The lowest BCUT2D eigenvalue weighted by molar-refractivity contribution is 0.0526. The molecule has 0 spiro atoms. The summed E-state index contributed by atoms with van der Waals surface area (Å²) in [5, 5.41) is 6.99. The van der Waals surface area contributed by atoms with Gasteiger partial charge < -0.3 is 14.5 Å². The molecule has 9 heteroatoms. The Morgan fingerprint density at radius 3 is 2.90 bits per heavy atom. The molecule has 0 bridgehead atoms. The second-order valence-electron chi connectivity index (χ2n) is 6.55. The van der Waals surface area contributed by atoms with Gasteiger partial charge in [0, 0.05) is 36.3 Å². The lowest BCUT2D eigenvalue weighted by Gasteiger charge is -2.07. The van der Waals surface area contributed by atoms with Crippen LogP contribution in [0.25, 0.3) is 22.4 Å². The molecule has 154 valence electrons. The number of nitrogens with one attached hydrogen (secondary N) is 1. The number of fused-ring (bicyclic) bond motifs is 1. The molecule has 30 heavy (non-hydrogen) atoms. The second-order valence-corrected chi connectivity index (χ2v) is 7.49. The summed E-state index contributed by atoms with van der Waals surface area (Å²) < 4.78 is 10.8. The number of carbonyl (C=O) groups excluding carboxylic acids is 1. The van der Waals surface area contributed by atoms with Crippen molar-refractivity contribution in [2.24, 2.45) is 0 Å². The highest BCUT2D eigenvalue weighted by atomic mass is 32.1. The SMILES string of the molecule is CCOC(=O)c1c(C)oc2ncnc(NCCCc3nc(-c4ccncc4)cs3)c12. The van der Waals surface area contributed by atoms with E-state index in [1.807, 2.05) is 12.1 Å². The second kappa shape index (κ2) is 9.00. The summed E-state index contributed by atoms with van der Waals surface area (Å²) in [6.07, 6.45) is 6.66. The van der Waals surface area contributed by atoms with E-state index in [0.717, 1.165) is 29.1 Å². The van der Waals surface area contributed by atoms with Gasteiger partial charge in [0.05, 0.1) is 22.7 Å². The number of anilines is 1. The summed E-state index contributed by atoms with van der Waals surface area (Å²) in [6, 6.07) is 3.91. The Hall–Kier alpha value is -3.33. The molecule has 0 aliphatic rings. The lowest BCUT2D eigenvalue weighted by Crippen LogP contribution is -2.09. The number of hydrogen-bond donors (Lipinski definition) is 1. The smallest absolute Gasteiger partial charge is 0.342 e. The molecule has 4 aromatic rings. The first kappa shape index (κ1) is 20.0. The van der Waals surface area contributed by atoms with Crippen LogP contribution in [0.2, 0.25) is 0 Å². The van der Waals surface area contributed by atoms with Crippen molar-refractivity contribution in [3.8, 4) is 11.3 Å². The van der Waals surface area contributed by atoms with Crippen molar-refractivity contribution in [3.05, 3.63) is 52.6 Å². The molecule has 4 rings (SSSR count). The van der Waals surface area contributed by atoms with Crippen LogP contribution in [0.15, 0.2) is 40.7 Å². The molecule has 0 unspecified atom stereocenters. The quantitative estimate of drug-likeness (QED) is 0.331. The third kappa shape index (κ3) is 4.16. The largest absolute Gasteiger partial charge is 0.462 e. The van der Waals surface area contributed by atoms with Crippen LogP contribution in [0.5, 0.6) is 0 Å². The summed E-state index contributed by atoms with van der Waals surface area (Å²) in [5.74, 6) is 0.605. The summed E-state index contributed by atoms with van der Waals surface area (Å²) >= 11 is 1.65. The van der Waals surface area contributed by atoms with Crippen LogP contribution in [-0.4, -0.2) is 39.1 Å². The predicted molar refractivity (Wildman–Crippen MR) is 115 cm³/mol. The minimum atomic E-state index is -0.432. The van der Waals surface area contributed by atoms with Crippen LogP contribution >= 0.6 is 11.3 Å². The Balaban J connectivity index is 1.42. The van der Waals surface area contributed by atoms with Crippen molar-refractivity contribution < 1.29 is 13.9 Å².